The van der Waals surface area contributed by atoms with Crippen LogP contribution in [0.5, 0.6) is 5.75 Å². The fraction of sp³-hybridized carbons (Fsp3) is 0.357. The molecule has 0 saturated carbocycles. The third-order valence-electron chi connectivity index (χ3n) is 2.54. The normalized spacial score (nSPS) is 11.5. The summed E-state index contributed by atoms with van der Waals surface area (Å²) in [4.78, 5) is 10.6. The Balaban J connectivity index is 3.08. The van der Waals surface area contributed by atoms with Gasteiger partial charge < -0.3 is 10.2 Å². The number of carboxylic acid groups (broad SMARTS) is 1. The van der Waals surface area contributed by atoms with Crippen LogP contribution in [0, 0.1) is 6.92 Å². The van der Waals surface area contributed by atoms with Crippen LogP contribution in [0.15, 0.2) is 24.3 Å². The first kappa shape index (κ1) is 13.3. The van der Waals surface area contributed by atoms with Gasteiger partial charge in [-0.05, 0) is 31.1 Å². The van der Waals surface area contributed by atoms with E-state index in [1.165, 1.54) is 0 Å². The number of aryl methyl sites for hydroxylation is 1. The molecule has 0 aliphatic heterocycles. The van der Waals surface area contributed by atoms with Crippen LogP contribution >= 0.6 is 0 Å². The number of carbonyl (C=O) groups is 1. The minimum atomic E-state index is -0.856. The van der Waals surface area contributed by atoms with Crippen molar-refractivity contribution in [1.29, 1.82) is 0 Å². The van der Waals surface area contributed by atoms with Crippen molar-refractivity contribution in [3.63, 3.8) is 0 Å². The van der Waals surface area contributed by atoms with E-state index >= 15 is 0 Å². The number of aromatic hydroxyl groups is 1. The van der Waals surface area contributed by atoms with Crippen molar-refractivity contribution in [2.45, 2.75) is 33.1 Å². The SMILES string of the molecule is CCC/C(=C\CC(=O)O)c1cc(C)ccc1O. The van der Waals surface area contributed by atoms with E-state index in [1.807, 2.05) is 26.0 Å². The van der Waals surface area contributed by atoms with Gasteiger partial charge in [0.05, 0.1) is 6.42 Å². The van der Waals surface area contributed by atoms with E-state index in [4.69, 9.17) is 5.11 Å². The van der Waals surface area contributed by atoms with Crippen molar-refractivity contribution in [3.8, 4) is 5.75 Å². The number of hydrogen-bond donors (Lipinski definition) is 2. The minimum Gasteiger partial charge on any atom is -0.507 e. The first-order valence-electron chi connectivity index (χ1n) is 5.75. The molecule has 0 radical (unpaired) electrons. The Bertz CT molecular complexity index is 433. The topological polar surface area (TPSA) is 57.5 Å². The van der Waals surface area contributed by atoms with Gasteiger partial charge in [-0.3, -0.25) is 4.79 Å². The van der Waals surface area contributed by atoms with Crippen molar-refractivity contribution in [2.75, 3.05) is 0 Å². The Hall–Kier alpha value is -1.77. The van der Waals surface area contributed by atoms with Gasteiger partial charge in [0.2, 0.25) is 0 Å². The van der Waals surface area contributed by atoms with Gasteiger partial charge in [-0.2, -0.15) is 0 Å². The molecule has 92 valence electrons. The Morgan fingerprint density at radius 3 is 2.71 bits per heavy atom. The molecular formula is C14H18O3. The number of benzene rings is 1. The van der Waals surface area contributed by atoms with Gasteiger partial charge in [-0.25, -0.2) is 0 Å². The summed E-state index contributed by atoms with van der Waals surface area (Å²) in [6.45, 7) is 3.98. The molecule has 17 heavy (non-hydrogen) atoms. The highest BCUT2D eigenvalue weighted by molar-refractivity contribution is 5.76. The number of rotatable bonds is 5. The molecule has 0 saturated heterocycles. The molecule has 0 fully saturated rings. The number of phenolic OH excluding ortho intramolecular Hbond substituents is 1. The van der Waals surface area contributed by atoms with Crippen molar-refractivity contribution in [1.82, 2.24) is 0 Å². The quantitative estimate of drug-likeness (QED) is 0.821. The maximum Gasteiger partial charge on any atom is 0.307 e. The van der Waals surface area contributed by atoms with Gasteiger partial charge in [-0.1, -0.05) is 31.1 Å². The average Bonchev–Trinajstić information content (AvgIpc) is 2.27. The van der Waals surface area contributed by atoms with E-state index < -0.39 is 5.97 Å². The minimum absolute atomic E-state index is 0.0112. The zero-order valence-corrected chi connectivity index (χ0v) is 10.2. The lowest BCUT2D eigenvalue weighted by Gasteiger charge is -2.09. The molecule has 0 atom stereocenters. The van der Waals surface area contributed by atoms with Crippen LogP contribution in [-0.2, 0) is 4.79 Å². The van der Waals surface area contributed by atoms with E-state index in [0.717, 1.165) is 29.5 Å². The highest BCUT2D eigenvalue weighted by Gasteiger charge is 2.07. The van der Waals surface area contributed by atoms with E-state index in [9.17, 15) is 9.90 Å². The number of aliphatic carboxylic acids is 1. The van der Waals surface area contributed by atoms with Crippen LogP contribution in [0.25, 0.3) is 5.57 Å². The smallest absolute Gasteiger partial charge is 0.307 e. The summed E-state index contributed by atoms with van der Waals surface area (Å²) in [7, 11) is 0. The van der Waals surface area contributed by atoms with Crippen molar-refractivity contribution >= 4 is 11.5 Å². The maximum atomic E-state index is 10.6. The Labute approximate surface area is 101 Å². The molecule has 0 aliphatic rings. The van der Waals surface area contributed by atoms with Gasteiger partial charge in [0.25, 0.3) is 0 Å². The van der Waals surface area contributed by atoms with Gasteiger partial charge in [0, 0.05) is 5.56 Å². The molecule has 1 rings (SSSR count). The molecule has 0 heterocycles. The number of hydrogen-bond acceptors (Lipinski definition) is 2. The van der Waals surface area contributed by atoms with E-state index in [2.05, 4.69) is 0 Å². The van der Waals surface area contributed by atoms with Gasteiger partial charge in [-0.15, -0.1) is 0 Å². The van der Waals surface area contributed by atoms with E-state index in [0.29, 0.717) is 0 Å². The van der Waals surface area contributed by atoms with Gasteiger partial charge >= 0.3 is 5.97 Å². The fourth-order valence-electron chi connectivity index (χ4n) is 1.73. The fourth-order valence-corrected chi connectivity index (χ4v) is 1.73. The predicted octanol–water partition coefficient (Wildman–Crippen LogP) is 3.36. The molecule has 3 nitrogen and oxygen atoms in total. The van der Waals surface area contributed by atoms with Crippen LogP contribution in [0.4, 0.5) is 0 Å². The lowest BCUT2D eigenvalue weighted by molar-refractivity contribution is -0.135. The Morgan fingerprint density at radius 1 is 1.41 bits per heavy atom. The molecule has 0 spiro atoms. The second-order valence-electron chi connectivity index (χ2n) is 4.10. The zero-order chi connectivity index (χ0) is 12.8. The Kier molecular flexibility index (Phi) is 4.76. The largest absolute Gasteiger partial charge is 0.507 e. The van der Waals surface area contributed by atoms with Crippen molar-refractivity contribution in [3.05, 3.63) is 35.4 Å². The highest BCUT2D eigenvalue weighted by atomic mass is 16.4. The summed E-state index contributed by atoms with van der Waals surface area (Å²) >= 11 is 0. The molecule has 0 aromatic heterocycles. The summed E-state index contributed by atoms with van der Waals surface area (Å²) < 4.78 is 0. The molecule has 1 aromatic carbocycles. The number of allylic oxidation sites excluding steroid dienone is 1. The molecular weight excluding hydrogens is 216 g/mol. The van der Waals surface area contributed by atoms with Crippen LogP contribution in [-0.4, -0.2) is 16.2 Å². The average molecular weight is 234 g/mol. The van der Waals surface area contributed by atoms with Crippen LogP contribution in [0.2, 0.25) is 0 Å². The van der Waals surface area contributed by atoms with Crippen molar-refractivity contribution < 1.29 is 15.0 Å². The van der Waals surface area contributed by atoms with Crippen LogP contribution < -0.4 is 0 Å². The van der Waals surface area contributed by atoms with Gasteiger partial charge in [0.15, 0.2) is 0 Å². The van der Waals surface area contributed by atoms with Crippen LogP contribution in [0.1, 0.15) is 37.3 Å². The predicted molar refractivity (Wildman–Crippen MR) is 68.0 cm³/mol. The van der Waals surface area contributed by atoms with E-state index in [1.54, 1.807) is 12.1 Å². The molecule has 0 bridgehead atoms. The highest BCUT2D eigenvalue weighted by Crippen LogP contribution is 2.29. The molecule has 0 amide bonds. The lowest BCUT2D eigenvalue weighted by atomic mass is 9.97. The summed E-state index contributed by atoms with van der Waals surface area (Å²) in [6, 6.07) is 5.37. The lowest BCUT2D eigenvalue weighted by Crippen LogP contribution is -1.93. The molecule has 0 unspecified atom stereocenters. The second kappa shape index (κ2) is 6.09. The summed E-state index contributed by atoms with van der Waals surface area (Å²) in [6.07, 6.45) is 3.35. The van der Waals surface area contributed by atoms with Crippen LogP contribution in [0.3, 0.4) is 0 Å². The summed E-state index contributed by atoms with van der Waals surface area (Å²) in [5.41, 5.74) is 2.69. The number of phenols is 1. The maximum absolute atomic E-state index is 10.6. The molecule has 2 N–H and O–H groups in total. The zero-order valence-electron chi connectivity index (χ0n) is 10.2. The number of carboxylic acids is 1. The Morgan fingerprint density at radius 2 is 2.12 bits per heavy atom. The summed E-state index contributed by atoms with van der Waals surface area (Å²) in [5.74, 6) is -0.647. The first-order chi connectivity index (χ1) is 8.04. The standard InChI is InChI=1S/C14H18O3/c1-3-4-11(6-8-14(16)17)12-9-10(2)5-7-13(12)15/h5-7,9,15H,3-4,8H2,1-2H3,(H,16,17)/b11-6+. The molecule has 3 heteroatoms. The van der Waals surface area contributed by atoms with E-state index in [-0.39, 0.29) is 12.2 Å². The third-order valence-corrected chi connectivity index (χ3v) is 2.54. The van der Waals surface area contributed by atoms with Crippen molar-refractivity contribution in [2.24, 2.45) is 0 Å². The second-order valence-corrected chi connectivity index (χ2v) is 4.10. The monoisotopic (exact) mass is 234 g/mol. The first-order valence-corrected chi connectivity index (χ1v) is 5.75. The molecule has 1 aromatic rings. The molecule has 0 aliphatic carbocycles. The summed E-state index contributed by atoms with van der Waals surface area (Å²) in [5, 5.41) is 18.5. The van der Waals surface area contributed by atoms with Gasteiger partial charge in [0.1, 0.15) is 5.75 Å². The third kappa shape index (κ3) is 3.94.